The molecule has 0 radical (unpaired) electrons. The van der Waals surface area contributed by atoms with E-state index in [-0.39, 0.29) is 0 Å². The van der Waals surface area contributed by atoms with E-state index in [1.54, 1.807) is 6.07 Å². The Balaban J connectivity index is 1.86. The Morgan fingerprint density at radius 3 is 2.23 bits per heavy atom. The Kier molecular flexibility index (Phi) is 11.1. The second-order valence-electron chi connectivity index (χ2n) is 5.99. The third-order valence-corrected chi connectivity index (χ3v) is 3.94. The number of benzene rings is 1. The molecule has 122 valence electrons. The number of allylic oxidation sites excluding steroid dienone is 4. The predicted octanol–water partition coefficient (Wildman–Crippen LogP) is 6.58. The summed E-state index contributed by atoms with van der Waals surface area (Å²) in [7, 11) is 0. The lowest BCUT2D eigenvalue weighted by molar-refractivity contribution is 0.474. The van der Waals surface area contributed by atoms with E-state index in [0.717, 1.165) is 6.42 Å². The average Bonchev–Trinajstić information content (AvgIpc) is 2.52. The Hall–Kier alpha value is -1.50. The fourth-order valence-electron chi connectivity index (χ4n) is 2.65. The molecule has 0 aromatic heterocycles. The van der Waals surface area contributed by atoms with Crippen molar-refractivity contribution in [1.82, 2.24) is 0 Å². The van der Waals surface area contributed by atoms with Gasteiger partial charge in [-0.25, -0.2) is 0 Å². The number of phenolic OH excluding ortho intramolecular Hbond substituents is 1. The van der Waals surface area contributed by atoms with Crippen LogP contribution in [0.25, 0.3) is 0 Å². The van der Waals surface area contributed by atoms with Crippen molar-refractivity contribution >= 4 is 0 Å². The van der Waals surface area contributed by atoms with Crippen LogP contribution in [-0.4, -0.2) is 5.11 Å². The average molecular weight is 300 g/mol. The molecule has 0 saturated heterocycles. The van der Waals surface area contributed by atoms with Gasteiger partial charge in [-0.1, -0.05) is 75.0 Å². The van der Waals surface area contributed by atoms with E-state index in [9.17, 15) is 5.11 Å². The van der Waals surface area contributed by atoms with Crippen molar-refractivity contribution in [2.45, 2.75) is 71.1 Å². The maximum Gasteiger partial charge on any atom is 0.115 e. The van der Waals surface area contributed by atoms with Crippen LogP contribution in [0.2, 0.25) is 0 Å². The van der Waals surface area contributed by atoms with Crippen molar-refractivity contribution in [2.24, 2.45) is 0 Å². The number of hydrogen-bond acceptors (Lipinski definition) is 1. The van der Waals surface area contributed by atoms with E-state index >= 15 is 0 Å². The molecular weight excluding hydrogens is 268 g/mol. The lowest BCUT2D eigenvalue weighted by atomic mass is 10.0. The monoisotopic (exact) mass is 300 g/mol. The smallest absolute Gasteiger partial charge is 0.115 e. The van der Waals surface area contributed by atoms with E-state index in [4.69, 9.17) is 0 Å². The number of phenols is 1. The van der Waals surface area contributed by atoms with Crippen LogP contribution in [0, 0.1) is 0 Å². The van der Waals surface area contributed by atoms with Crippen molar-refractivity contribution in [3.8, 4) is 5.75 Å². The van der Waals surface area contributed by atoms with Gasteiger partial charge in [0.2, 0.25) is 0 Å². The molecule has 1 aromatic rings. The molecule has 0 unspecified atom stereocenters. The molecule has 0 aliphatic rings. The minimum atomic E-state index is 0.387. The van der Waals surface area contributed by atoms with Crippen molar-refractivity contribution in [2.75, 3.05) is 0 Å². The summed E-state index contributed by atoms with van der Waals surface area (Å²) < 4.78 is 0. The molecule has 0 fully saturated rings. The summed E-state index contributed by atoms with van der Waals surface area (Å²) in [6, 6.07) is 7.65. The number of aromatic hydroxyl groups is 1. The molecule has 0 atom stereocenters. The van der Waals surface area contributed by atoms with E-state index in [0.29, 0.717) is 5.75 Å². The molecule has 0 aliphatic carbocycles. The standard InChI is InChI=1S/C21H32O/c1-2-3-4-5-6-7-8-9-10-11-12-13-14-16-20-17-15-18-21(22)19-20/h2-5,15,17-19,22H,6-14,16H2,1H3/b3-2+,5-4+. The first kappa shape index (κ1) is 18.5. The number of rotatable bonds is 12. The zero-order valence-corrected chi connectivity index (χ0v) is 14.1. The van der Waals surface area contributed by atoms with Crippen LogP contribution in [-0.2, 0) is 6.42 Å². The second kappa shape index (κ2) is 13.2. The van der Waals surface area contributed by atoms with Crippen molar-refractivity contribution in [3.05, 3.63) is 54.1 Å². The molecule has 0 bridgehead atoms. The van der Waals surface area contributed by atoms with Gasteiger partial charge in [0.25, 0.3) is 0 Å². The van der Waals surface area contributed by atoms with Gasteiger partial charge < -0.3 is 5.11 Å². The quantitative estimate of drug-likeness (QED) is 0.341. The Morgan fingerprint density at radius 1 is 0.864 bits per heavy atom. The molecule has 0 heterocycles. The van der Waals surface area contributed by atoms with Gasteiger partial charge in [0.05, 0.1) is 0 Å². The highest BCUT2D eigenvalue weighted by Gasteiger charge is 1.96. The van der Waals surface area contributed by atoms with Gasteiger partial charge in [-0.2, -0.15) is 0 Å². The molecule has 1 aromatic carbocycles. The summed E-state index contributed by atoms with van der Waals surface area (Å²) in [5, 5.41) is 9.41. The van der Waals surface area contributed by atoms with Gasteiger partial charge in [-0.15, -0.1) is 0 Å². The summed E-state index contributed by atoms with van der Waals surface area (Å²) in [5.74, 6) is 0.387. The highest BCUT2D eigenvalue weighted by molar-refractivity contribution is 5.27. The summed E-state index contributed by atoms with van der Waals surface area (Å²) >= 11 is 0. The maximum atomic E-state index is 9.41. The van der Waals surface area contributed by atoms with Gasteiger partial charge in [0, 0.05) is 0 Å². The Bertz CT molecular complexity index is 431. The van der Waals surface area contributed by atoms with Gasteiger partial charge in [0.15, 0.2) is 0 Å². The van der Waals surface area contributed by atoms with E-state index < -0.39 is 0 Å². The minimum absolute atomic E-state index is 0.387. The fraction of sp³-hybridized carbons (Fsp3) is 0.524. The summed E-state index contributed by atoms with van der Waals surface area (Å²) in [5.41, 5.74) is 1.26. The van der Waals surface area contributed by atoms with E-state index in [2.05, 4.69) is 30.4 Å². The van der Waals surface area contributed by atoms with Crippen LogP contribution in [0.5, 0.6) is 5.75 Å². The number of unbranched alkanes of at least 4 members (excludes halogenated alkanes) is 8. The lowest BCUT2D eigenvalue weighted by Gasteiger charge is -2.03. The normalized spacial score (nSPS) is 11.7. The highest BCUT2D eigenvalue weighted by Crippen LogP contribution is 2.15. The molecule has 1 N–H and O–H groups in total. The van der Waals surface area contributed by atoms with Crippen LogP contribution in [0.15, 0.2) is 48.6 Å². The molecule has 22 heavy (non-hydrogen) atoms. The van der Waals surface area contributed by atoms with Crippen LogP contribution >= 0.6 is 0 Å². The fourth-order valence-corrected chi connectivity index (χ4v) is 2.65. The molecule has 0 aliphatic heterocycles. The summed E-state index contributed by atoms with van der Waals surface area (Å²) in [6.45, 7) is 2.05. The summed E-state index contributed by atoms with van der Waals surface area (Å²) in [4.78, 5) is 0. The predicted molar refractivity (Wildman–Crippen MR) is 97.3 cm³/mol. The van der Waals surface area contributed by atoms with Gasteiger partial charge in [0.1, 0.15) is 5.75 Å². The Morgan fingerprint density at radius 2 is 1.55 bits per heavy atom. The van der Waals surface area contributed by atoms with Crippen molar-refractivity contribution in [3.63, 3.8) is 0 Å². The van der Waals surface area contributed by atoms with Gasteiger partial charge >= 0.3 is 0 Å². The van der Waals surface area contributed by atoms with Crippen molar-refractivity contribution in [1.29, 1.82) is 0 Å². The third-order valence-electron chi connectivity index (χ3n) is 3.94. The molecule has 0 saturated carbocycles. The maximum absolute atomic E-state index is 9.41. The van der Waals surface area contributed by atoms with E-state index in [1.165, 1.54) is 63.4 Å². The highest BCUT2D eigenvalue weighted by atomic mass is 16.3. The largest absolute Gasteiger partial charge is 0.508 e. The lowest BCUT2D eigenvalue weighted by Crippen LogP contribution is -1.86. The molecule has 0 amide bonds. The summed E-state index contributed by atoms with van der Waals surface area (Å²) in [6.07, 6.45) is 21.6. The zero-order chi connectivity index (χ0) is 15.9. The number of aryl methyl sites for hydroxylation is 1. The van der Waals surface area contributed by atoms with Crippen molar-refractivity contribution < 1.29 is 5.11 Å². The first-order chi connectivity index (χ1) is 10.8. The molecular formula is C21H32O. The SMILES string of the molecule is C/C=C/C=C/CCCCCCCCCCc1cccc(O)c1. The molecule has 0 spiro atoms. The molecule has 1 rings (SSSR count). The van der Waals surface area contributed by atoms with Crippen LogP contribution in [0.4, 0.5) is 0 Å². The first-order valence-corrected chi connectivity index (χ1v) is 8.88. The minimum Gasteiger partial charge on any atom is -0.508 e. The Labute approximate surface area is 136 Å². The van der Waals surface area contributed by atoms with Crippen LogP contribution in [0.3, 0.4) is 0 Å². The first-order valence-electron chi connectivity index (χ1n) is 8.88. The zero-order valence-electron chi connectivity index (χ0n) is 14.1. The topological polar surface area (TPSA) is 20.2 Å². The van der Waals surface area contributed by atoms with Crippen LogP contribution in [0.1, 0.15) is 70.3 Å². The van der Waals surface area contributed by atoms with Crippen LogP contribution < -0.4 is 0 Å². The van der Waals surface area contributed by atoms with Gasteiger partial charge in [-0.3, -0.25) is 0 Å². The number of hydrogen-bond donors (Lipinski definition) is 1. The second-order valence-corrected chi connectivity index (χ2v) is 5.99. The third kappa shape index (κ3) is 10.3. The molecule has 1 heteroatoms. The van der Waals surface area contributed by atoms with E-state index in [1.807, 2.05) is 19.1 Å². The van der Waals surface area contributed by atoms with Gasteiger partial charge in [-0.05, 0) is 50.3 Å². The molecule has 1 nitrogen and oxygen atoms in total.